The Morgan fingerprint density at radius 3 is 2.67 bits per heavy atom. The van der Waals surface area contributed by atoms with Gasteiger partial charge in [-0.3, -0.25) is 0 Å². The fraction of sp³-hybridized carbons (Fsp3) is 1.00. The summed E-state index contributed by atoms with van der Waals surface area (Å²) in [6, 6.07) is 0. The quantitative estimate of drug-likeness (QED) is 0.698. The number of hydrogen-bond acceptors (Lipinski definition) is 4. The number of aliphatic hydroxyl groups excluding tert-OH is 1. The zero-order valence-electron chi connectivity index (χ0n) is 10.0. The zero-order chi connectivity index (χ0) is 11.4. The molecule has 3 nitrogen and oxygen atoms in total. The van der Waals surface area contributed by atoms with Gasteiger partial charge in [0.1, 0.15) is 0 Å². The van der Waals surface area contributed by atoms with Crippen molar-refractivity contribution in [3.63, 3.8) is 0 Å². The van der Waals surface area contributed by atoms with Crippen LogP contribution < -0.4 is 5.32 Å². The predicted molar refractivity (Wildman–Crippen MR) is 65.4 cm³/mol. The van der Waals surface area contributed by atoms with Crippen LogP contribution in [0.15, 0.2) is 0 Å². The summed E-state index contributed by atoms with van der Waals surface area (Å²) in [6.07, 6.45) is 1.03. The highest BCUT2D eigenvalue weighted by Gasteiger charge is 2.39. The SMILES string of the molecule is COCCNC1(CO)CSCC(C)(C)C1. The van der Waals surface area contributed by atoms with E-state index in [4.69, 9.17) is 4.74 Å². The Hall–Kier alpha value is 0.230. The fourth-order valence-corrected chi connectivity index (χ4v) is 3.67. The summed E-state index contributed by atoms with van der Waals surface area (Å²) in [5, 5.41) is 13.0. The molecule has 0 aromatic rings. The van der Waals surface area contributed by atoms with Gasteiger partial charge in [-0.25, -0.2) is 0 Å². The summed E-state index contributed by atoms with van der Waals surface area (Å²) in [4.78, 5) is 0. The third-order valence-electron chi connectivity index (χ3n) is 2.80. The highest BCUT2D eigenvalue weighted by Crippen LogP contribution is 2.38. The molecule has 1 heterocycles. The van der Waals surface area contributed by atoms with Crippen LogP contribution in [0.3, 0.4) is 0 Å². The van der Waals surface area contributed by atoms with Crippen molar-refractivity contribution in [2.75, 3.05) is 38.4 Å². The number of thioether (sulfide) groups is 1. The van der Waals surface area contributed by atoms with Gasteiger partial charge in [-0.1, -0.05) is 13.8 Å². The van der Waals surface area contributed by atoms with Gasteiger partial charge in [0.25, 0.3) is 0 Å². The standard InChI is InChI=1S/C11H23NO2S/c1-10(2)6-11(7-13,9-15-8-10)12-4-5-14-3/h12-13H,4-9H2,1-3H3. The minimum atomic E-state index is -0.106. The van der Waals surface area contributed by atoms with Gasteiger partial charge in [-0.05, 0) is 17.6 Å². The van der Waals surface area contributed by atoms with Crippen LogP contribution in [0.25, 0.3) is 0 Å². The molecule has 0 aliphatic carbocycles. The van der Waals surface area contributed by atoms with Crippen molar-refractivity contribution in [2.24, 2.45) is 5.41 Å². The molecule has 0 amide bonds. The first-order valence-corrected chi connectivity index (χ1v) is 6.62. The minimum absolute atomic E-state index is 0.106. The van der Waals surface area contributed by atoms with E-state index < -0.39 is 0 Å². The van der Waals surface area contributed by atoms with Crippen LogP contribution in [0, 0.1) is 5.41 Å². The third kappa shape index (κ3) is 3.94. The average molecular weight is 233 g/mol. The molecule has 1 atom stereocenters. The van der Waals surface area contributed by atoms with Crippen molar-refractivity contribution in [1.82, 2.24) is 5.32 Å². The highest BCUT2D eigenvalue weighted by atomic mass is 32.2. The van der Waals surface area contributed by atoms with E-state index in [1.54, 1.807) is 7.11 Å². The molecule has 90 valence electrons. The molecule has 0 aromatic carbocycles. The van der Waals surface area contributed by atoms with Gasteiger partial charge < -0.3 is 15.2 Å². The second kappa shape index (κ2) is 5.53. The molecule has 0 spiro atoms. The van der Waals surface area contributed by atoms with E-state index in [1.165, 1.54) is 5.75 Å². The summed E-state index contributed by atoms with van der Waals surface area (Å²) in [7, 11) is 1.70. The molecular weight excluding hydrogens is 210 g/mol. The van der Waals surface area contributed by atoms with Crippen LogP contribution in [0.4, 0.5) is 0 Å². The Morgan fingerprint density at radius 2 is 2.13 bits per heavy atom. The summed E-state index contributed by atoms with van der Waals surface area (Å²) in [5.41, 5.74) is 0.205. The molecule has 0 aromatic heterocycles. The number of methoxy groups -OCH3 is 1. The van der Waals surface area contributed by atoms with Crippen molar-refractivity contribution in [3.05, 3.63) is 0 Å². The van der Waals surface area contributed by atoms with Gasteiger partial charge in [0, 0.05) is 19.4 Å². The Bertz CT molecular complexity index is 199. The van der Waals surface area contributed by atoms with Gasteiger partial charge in [0.15, 0.2) is 0 Å². The minimum Gasteiger partial charge on any atom is -0.394 e. The molecule has 0 radical (unpaired) electrons. The third-order valence-corrected chi connectivity index (χ3v) is 4.54. The average Bonchev–Trinajstić information content (AvgIpc) is 2.17. The normalized spacial score (nSPS) is 30.4. The van der Waals surface area contributed by atoms with Gasteiger partial charge in [-0.2, -0.15) is 11.8 Å². The predicted octanol–water partition coefficient (Wildman–Crippen LogP) is 1.12. The first-order chi connectivity index (χ1) is 7.04. The molecular formula is C11H23NO2S. The van der Waals surface area contributed by atoms with Crippen LogP contribution in [0.2, 0.25) is 0 Å². The van der Waals surface area contributed by atoms with Crippen molar-refractivity contribution in [3.8, 4) is 0 Å². The number of aliphatic hydroxyl groups is 1. The maximum Gasteiger partial charge on any atom is 0.0621 e. The van der Waals surface area contributed by atoms with Gasteiger partial charge >= 0.3 is 0 Å². The molecule has 0 saturated carbocycles. The Balaban J connectivity index is 2.51. The second-order valence-corrected chi connectivity index (χ2v) is 6.18. The van der Waals surface area contributed by atoms with Crippen LogP contribution in [-0.2, 0) is 4.74 Å². The number of hydrogen-bond donors (Lipinski definition) is 2. The second-order valence-electron chi connectivity index (χ2n) is 5.19. The fourth-order valence-electron chi connectivity index (χ4n) is 2.23. The lowest BCUT2D eigenvalue weighted by molar-refractivity contribution is 0.114. The van der Waals surface area contributed by atoms with Gasteiger partial charge in [-0.15, -0.1) is 0 Å². The summed E-state index contributed by atoms with van der Waals surface area (Å²) in [5.74, 6) is 2.18. The smallest absolute Gasteiger partial charge is 0.0621 e. The largest absolute Gasteiger partial charge is 0.394 e. The highest BCUT2D eigenvalue weighted by molar-refractivity contribution is 7.99. The van der Waals surface area contributed by atoms with E-state index in [-0.39, 0.29) is 12.1 Å². The molecule has 15 heavy (non-hydrogen) atoms. The molecule has 1 aliphatic heterocycles. The van der Waals surface area contributed by atoms with Gasteiger partial charge in [0.05, 0.1) is 18.8 Å². The van der Waals surface area contributed by atoms with E-state index in [9.17, 15) is 5.11 Å². The first-order valence-electron chi connectivity index (χ1n) is 5.46. The van der Waals surface area contributed by atoms with Crippen molar-refractivity contribution in [1.29, 1.82) is 0 Å². The Morgan fingerprint density at radius 1 is 1.40 bits per heavy atom. The van der Waals surface area contributed by atoms with Crippen molar-refractivity contribution in [2.45, 2.75) is 25.8 Å². The number of rotatable bonds is 5. The topological polar surface area (TPSA) is 41.5 Å². The molecule has 1 aliphatic rings. The summed E-state index contributed by atoms with van der Waals surface area (Å²) < 4.78 is 5.02. The van der Waals surface area contributed by atoms with Crippen LogP contribution in [0.1, 0.15) is 20.3 Å². The summed E-state index contributed by atoms with van der Waals surface area (Å²) in [6.45, 7) is 6.26. The molecule has 0 bridgehead atoms. The molecule has 1 rings (SSSR count). The van der Waals surface area contributed by atoms with Crippen molar-refractivity contribution < 1.29 is 9.84 Å². The molecule has 1 unspecified atom stereocenters. The van der Waals surface area contributed by atoms with Crippen LogP contribution in [-0.4, -0.2) is 49.0 Å². The number of ether oxygens (including phenoxy) is 1. The maximum absolute atomic E-state index is 9.56. The van der Waals surface area contributed by atoms with E-state index in [0.29, 0.717) is 12.0 Å². The molecule has 1 saturated heterocycles. The van der Waals surface area contributed by atoms with Crippen molar-refractivity contribution >= 4 is 11.8 Å². The molecule has 4 heteroatoms. The zero-order valence-corrected chi connectivity index (χ0v) is 10.8. The first kappa shape index (κ1) is 13.3. The number of nitrogens with one attached hydrogen (secondary N) is 1. The van der Waals surface area contributed by atoms with E-state index in [2.05, 4.69) is 19.2 Å². The van der Waals surface area contributed by atoms with Crippen LogP contribution >= 0.6 is 11.8 Å². The van der Waals surface area contributed by atoms with E-state index in [1.807, 2.05) is 11.8 Å². The molecule has 1 fully saturated rings. The lowest BCUT2D eigenvalue weighted by atomic mass is 9.80. The summed E-state index contributed by atoms with van der Waals surface area (Å²) >= 11 is 1.93. The Kier molecular flexibility index (Phi) is 4.90. The van der Waals surface area contributed by atoms with E-state index in [0.717, 1.165) is 18.7 Å². The van der Waals surface area contributed by atoms with Gasteiger partial charge in [0.2, 0.25) is 0 Å². The lowest BCUT2D eigenvalue weighted by Crippen LogP contribution is -2.56. The lowest BCUT2D eigenvalue weighted by Gasteiger charge is -2.44. The Labute approximate surface area is 97.0 Å². The molecule has 2 N–H and O–H groups in total. The van der Waals surface area contributed by atoms with E-state index >= 15 is 0 Å². The van der Waals surface area contributed by atoms with Crippen LogP contribution in [0.5, 0.6) is 0 Å². The maximum atomic E-state index is 9.56. The monoisotopic (exact) mass is 233 g/mol.